The van der Waals surface area contributed by atoms with Gasteiger partial charge in [-0.2, -0.15) is 0 Å². The number of nitrogens with zero attached hydrogens (tertiary/aromatic N) is 2. The predicted octanol–water partition coefficient (Wildman–Crippen LogP) is 2.86. The number of amides is 1. The molecule has 1 amide bonds. The minimum atomic E-state index is -0.494. The molecule has 0 spiro atoms. The summed E-state index contributed by atoms with van der Waals surface area (Å²) < 4.78 is 11.1. The highest BCUT2D eigenvalue weighted by molar-refractivity contribution is 9.10. The summed E-state index contributed by atoms with van der Waals surface area (Å²) >= 11 is 3.23. The lowest BCUT2D eigenvalue weighted by molar-refractivity contribution is -0.125. The summed E-state index contributed by atoms with van der Waals surface area (Å²) in [4.78, 5) is 20.0. The lowest BCUT2D eigenvalue weighted by Gasteiger charge is -2.12. The maximum atomic E-state index is 11.9. The Morgan fingerprint density at radius 1 is 1.50 bits per heavy atom. The molecule has 1 atom stereocenters. The molecule has 0 aliphatic carbocycles. The molecule has 106 valence electrons. The zero-order valence-electron chi connectivity index (χ0n) is 11.1. The van der Waals surface area contributed by atoms with Gasteiger partial charge in [0, 0.05) is 13.2 Å². The molecule has 2 aromatic rings. The highest BCUT2D eigenvalue weighted by Crippen LogP contribution is 2.24. The first-order valence-corrected chi connectivity index (χ1v) is 6.84. The van der Waals surface area contributed by atoms with Gasteiger partial charge in [0.25, 0.3) is 5.91 Å². The lowest BCUT2D eigenvalue weighted by Crippen LogP contribution is -2.29. The molecular weight excluding hydrogens is 326 g/mol. The molecule has 0 radical (unpaired) electrons. The second kappa shape index (κ2) is 6.62. The van der Waals surface area contributed by atoms with Crippen LogP contribution in [0.1, 0.15) is 13.3 Å². The van der Waals surface area contributed by atoms with Crippen LogP contribution >= 0.6 is 15.9 Å². The van der Waals surface area contributed by atoms with E-state index in [-0.39, 0.29) is 5.91 Å². The molecule has 1 N–H and O–H groups in total. The van der Waals surface area contributed by atoms with Crippen molar-refractivity contribution < 1.29 is 13.9 Å². The van der Waals surface area contributed by atoms with Crippen molar-refractivity contribution in [3.05, 3.63) is 29.2 Å². The monoisotopic (exact) mass is 339 g/mol. The Morgan fingerprint density at radius 2 is 2.30 bits per heavy atom. The van der Waals surface area contributed by atoms with E-state index in [0.717, 1.165) is 0 Å². The fourth-order valence-electron chi connectivity index (χ4n) is 1.68. The zero-order valence-corrected chi connectivity index (χ0v) is 12.7. The molecule has 20 heavy (non-hydrogen) atoms. The van der Waals surface area contributed by atoms with Crippen LogP contribution in [0, 0.1) is 0 Å². The Labute approximate surface area is 124 Å². The molecular formula is C13H14BrN3O3. The quantitative estimate of drug-likeness (QED) is 0.906. The van der Waals surface area contributed by atoms with Crippen molar-refractivity contribution in [1.82, 2.24) is 9.97 Å². The van der Waals surface area contributed by atoms with Crippen LogP contribution in [0.4, 0.5) is 5.82 Å². The number of methoxy groups -OCH3 is 1. The van der Waals surface area contributed by atoms with Gasteiger partial charge in [-0.25, -0.2) is 9.97 Å². The van der Waals surface area contributed by atoms with Gasteiger partial charge in [-0.05, 0) is 34.5 Å². The summed E-state index contributed by atoms with van der Waals surface area (Å²) in [6.07, 6.45) is 1.46. The zero-order chi connectivity index (χ0) is 14.5. The number of rotatable bonds is 5. The van der Waals surface area contributed by atoms with Crippen LogP contribution < -0.4 is 5.32 Å². The van der Waals surface area contributed by atoms with Crippen LogP contribution in [-0.4, -0.2) is 29.1 Å². The van der Waals surface area contributed by atoms with E-state index < -0.39 is 6.10 Å². The molecule has 7 heteroatoms. The van der Waals surface area contributed by atoms with Gasteiger partial charge in [0.05, 0.1) is 0 Å². The number of carbonyl (C=O) groups is 1. The van der Waals surface area contributed by atoms with Crippen LogP contribution in [0.5, 0.6) is 0 Å². The highest BCUT2D eigenvalue weighted by atomic mass is 79.9. The van der Waals surface area contributed by atoms with Gasteiger partial charge in [0.1, 0.15) is 23.9 Å². The van der Waals surface area contributed by atoms with Gasteiger partial charge in [0.15, 0.2) is 10.4 Å². The van der Waals surface area contributed by atoms with E-state index in [1.54, 1.807) is 18.2 Å². The number of carbonyl (C=O) groups excluding carboxylic acids is 1. The minimum Gasteiger partial charge on any atom is -0.448 e. The largest absolute Gasteiger partial charge is 0.448 e. The molecule has 0 aliphatic rings. The summed E-state index contributed by atoms with van der Waals surface area (Å²) in [5, 5.41) is 2.69. The number of aromatic nitrogens is 2. The summed E-state index contributed by atoms with van der Waals surface area (Å²) in [7, 11) is 1.50. The van der Waals surface area contributed by atoms with Crippen molar-refractivity contribution in [2.45, 2.75) is 19.4 Å². The third-order valence-electron chi connectivity index (χ3n) is 2.69. The van der Waals surface area contributed by atoms with E-state index in [4.69, 9.17) is 9.15 Å². The van der Waals surface area contributed by atoms with Crippen LogP contribution in [-0.2, 0) is 9.53 Å². The first kappa shape index (κ1) is 14.7. The number of hydrogen-bond donors (Lipinski definition) is 1. The maximum Gasteiger partial charge on any atom is 0.254 e. The van der Waals surface area contributed by atoms with E-state index in [9.17, 15) is 4.79 Å². The predicted molar refractivity (Wildman–Crippen MR) is 77.2 cm³/mol. The molecule has 0 aliphatic heterocycles. The Balaban J connectivity index is 2.16. The van der Waals surface area contributed by atoms with E-state index in [1.165, 1.54) is 13.4 Å². The molecule has 0 aromatic carbocycles. The molecule has 2 heterocycles. The maximum absolute atomic E-state index is 11.9. The van der Waals surface area contributed by atoms with Crippen LogP contribution in [0.3, 0.4) is 0 Å². The van der Waals surface area contributed by atoms with Gasteiger partial charge in [-0.1, -0.05) is 6.92 Å². The van der Waals surface area contributed by atoms with Crippen LogP contribution in [0.2, 0.25) is 0 Å². The van der Waals surface area contributed by atoms with Crippen molar-refractivity contribution in [2.75, 3.05) is 12.4 Å². The van der Waals surface area contributed by atoms with Gasteiger partial charge >= 0.3 is 0 Å². The molecule has 2 aromatic heterocycles. The Kier molecular flexibility index (Phi) is 4.86. The first-order chi connectivity index (χ1) is 9.63. The summed E-state index contributed by atoms with van der Waals surface area (Å²) in [6, 6.07) is 5.20. The average molecular weight is 340 g/mol. The minimum absolute atomic E-state index is 0.236. The molecule has 0 fully saturated rings. The van der Waals surface area contributed by atoms with Crippen molar-refractivity contribution in [1.29, 1.82) is 0 Å². The summed E-state index contributed by atoms with van der Waals surface area (Å²) in [6.45, 7) is 1.87. The summed E-state index contributed by atoms with van der Waals surface area (Å²) in [5.74, 6) is 0.761. The third-order valence-corrected chi connectivity index (χ3v) is 3.12. The second-order valence-corrected chi connectivity index (χ2v) is 4.80. The molecule has 1 unspecified atom stereocenters. The van der Waals surface area contributed by atoms with Gasteiger partial charge in [0.2, 0.25) is 0 Å². The fraction of sp³-hybridized carbons (Fsp3) is 0.308. The van der Waals surface area contributed by atoms with Gasteiger partial charge < -0.3 is 14.5 Å². The van der Waals surface area contributed by atoms with Crippen LogP contribution in [0.25, 0.3) is 11.5 Å². The normalized spacial score (nSPS) is 12.2. The number of anilines is 1. The topological polar surface area (TPSA) is 77.2 Å². The van der Waals surface area contributed by atoms with Gasteiger partial charge in [-0.3, -0.25) is 4.79 Å². The Hall–Kier alpha value is -1.73. The van der Waals surface area contributed by atoms with Crippen molar-refractivity contribution >= 4 is 27.7 Å². The van der Waals surface area contributed by atoms with E-state index in [1.807, 2.05) is 6.92 Å². The lowest BCUT2D eigenvalue weighted by atomic mass is 10.2. The standard InChI is InChI=1S/C13H14BrN3O3/c1-3-9(19-2)13(18)17-12-6-8(15-7-16-12)10-4-5-11(14)20-10/h4-7,9H,3H2,1-2H3,(H,15,16,17,18). The molecule has 2 rings (SSSR count). The van der Waals surface area contributed by atoms with Crippen molar-refractivity contribution in [2.24, 2.45) is 0 Å². The van der Waals surface area contributed by atoms with E-state index >= 15 is 0 Å². The first-order valence-electron chi connectivity index (χ1n) is 6.05. The Morgan fingerprint density at radius 3 is 2.90 bits per heavy atom. The van der Waals surface area contributed by atoms with Crippen molar-refractivity contribution in [3.63, 3.8) is 0 Å². The third kappa shape index (κ3) is 3.43. The second-order valence-electron chi connectivity index (χ2n) is 4.01. The molecule has 6 nitrogen and oxygen atoms in total. The smallest absolute Gasteiger partial charge is 0.254 e. The van der Waals surface area contributed by atoms with Crippen molar-refractivity contribution in [3.8, 4) is 11.5 Å². The average Bonchev–Trinajstić information content (AvgIpc) is 2.87. The van der Waals surface area contributed by atoms with E-state index in [2.05, 4.69) is 31.2 Å². The number of halogens is 1. The molecule has 0 bridgehead atoms. The van der Waals surface area contributed by atoms with E-state index in [0.29, 0.717) is 28.4 Å². The number of ether oxygens (including phenoxy) is 1. The number of nitrogens with one attached hydrogen (secondary N) is 1. The Bertz CT molecular complexity index is 596. The number of hydrogen-bond acceptors (Lipinski definition) is 5. The SMILES string of the molecule is CCC(OC)C(=O)Nc1cc(-c2ccc(Br)o2)ncn1. The highest BCUT2D eigenvalue weighted by Gasteiger charge is 2.16. The molecule has 0 saturated carbocycles. The fourth-order valence-corrected chi connectivity index (χ4v) is 1.98. The summed E-state index contributed by atoms with van der Waals surface area (Å²) in [5.41, 5.74) is 0.589. The van der Waals surface area contributed by atoms with Gasteiger partial charge in [-0.15, -0.1) is 0 Å². The molecule has 0 saturated heterocycles. The van der Waals surface area contributed by atoms with Crippen LogP contribution in [0.15, 0.2) is 33.6 Å². The number of furan rings is 1.